The molecule has 1 rings (SSSR count). The molecule has 0 aromatic carbocycles. The van der Waals surface area contributed by atoms with E-state index in [0.717, 1.165) is 12.8 Å². The van der Waals surface area contributed by atoms with Crippen LogP contribution in [0.2, 0.25) is 0 Å². The second-order valence-electron chi connectivity index (χ2n) is 5.58. The van der Waals surface area contributed by atoms with Crippen molar-refractivity contribution in [3.8, 4) is 0 Å². The van der Waals surface area contributed by atoms with Gasteiger partial charge in [-0.2, -0.15) is 0 Å². The lowest BCUT2D eigenvalue weighted by Crippen LogP contribution is -2.50. The summed E-state index contributed by atoms with van der Waals surface area (Å²) in [7, 11) is 0. The minimum atomic E-state index is -0.993. The van der Waals surface area contributed by atoms with Crippen LogP contribution in [-0.2, 0) is 4.79 Å². The summed E-state index contributed by atoms with van der Waals surface area (Å²) in [5, 5.41) is 20.7. The van der Waals surface area contributed by atoms with Crippen LogP contribution in [0, 0.1) is 11.8 Å². The molecule has 1 aliphatic heterocycles. The summed E-state index contributed by atoms with van der Waals surface area (Å²) in [6.07, 6.45) is 1.96. The highest BCUT2D eigenvalue weighted by Gasteiger charge is 2.26. The average Bonchev–Trinajstić information content (AvgIpc) is 2.37. The Labute approximate surface area is 113 Å². The number of amides is 2. The first-order chi connectivity index (χ1) is 8.93. The van der Waals surface area contributed by atoms with Crippen molar-refractivity contribution in [2.24, 2.45) is 11.8 Å². The third kappa shape index (κ3) is 5.06. The van der Waals surface area contributed by atoms with E-state index >= 15 is 0 Å². The number of likely N-dealkylation sites (tertiary alicyclic amines) is 1. The van der Waals surface area contributed by atoms with Crippen LogP contribution in [0.4, 0.5) is 4.79 Å². The van der Waals surface area contributed by atoms with Crippen molar-refractivity contribution in [2.75, 3.05) is 19.7 Å². The maximum absolute atomic E-state index is 12.0. The third-order valence-corrected chi connectivity index (χ3v) is 3.46. The van der Waals surface area contributed by atoms with Gasteiger partial charge in [-0.15, -0.1) is 0 Å². The fourth-order valence-electron chi connectivity index (χ4n) is 2.25. The molecular weight excluding hydrogens is 248 g/mol. The summed E-state index contributed by atoms with van der Waals surface area (Å²) < 4.78 is 0. The van der Waals surface area contributed by atoms with Gasteiger partial charge in [0, 0.05) is 19.7 Å². The third-order valence-electron chi connectivity index (χ3n) is 3.46. The number of nitrogens with zero attached hydrogens (tertiary/aromatic N) is 1. The van der Waals surface area contributed by atoms with Gasteiger partial charge in [0.15, 0.2) is 0 Å². The number of carbonyl (C=O) groups is 2. The highest BCUT2D eigenvalue weighted by atomic mass is 16.4. The quantitative estimate of drug-likeness (QED) is 0.693. The normalized spacial score (nSPS) is 18.4. The van der Waals surface area contributed by atoms with E-state index in [1.54, 1.807) is 4.90 Å². The van der Waals surface area contributed by atoms with Crippen molar-refractivity contribution < 1.29 is 19.8 Å². The number of carboxylic acids is 1. The number of carboxylic acid groups (broad SMARTS) is 1. The standard InChI is InChI=1S/C13H24N2O4/c1-9(2)7-11(12(17)18)14-13(19)15-5-3-10(8-16)4-6-15/h9-11,16H,3-8H2,1-2H3,(H,14,19)(H,17,18)/t11-/m0/s1. The lowest BCUT2D eigenvalue weighted by atomic mass is 9.98. The van der Waals surface area contributed by atoms with Crippen molar-refractivity contribution in [1.29, 1.82) is 0 Å². The Morgan fingerprint density at radius 1 is 1.32 bits per heavy atom. The van der Waals surface area contributed by atoms with E-state index in [9.17, 15) is 9.59 Å². The van der Waals surface area contributed by atoms with Gasteiger partial charge < -0.3 is 20.4 Å². The molecule has 19 heavy (non-hydrogen) atoms. The summed E-state index contributed by atoms with van der Waals surface area (Å²) in [6, 6.07) is -1.15. The van der Waals surface area contributed by atoms with Gasteiger partial charge in [0.1, 0.15) is 6.04 Å². The highest BCUT2D eigenvalue weighted by Crippen LogP contribution is 2.16. The predicted octanol–water partition coefficient (Wildman–Crippen LogP) is 0.900. The van der Waals surface area contributed by atoms with Crippen LogP contribution in [0.3, 0.4) is 0 Å². The maximum Gasteiger partial charge on any atom is 0.326 e. The summed E-state index contributed by atoms with van der Waals surface area (Å²) in [5.74, 6) is -0.524. The first kappa shape index (κ1) is 15.8. The molecule has 110 valence electrons. The zero-order valence-electron chi connectivity index (χ0n) is 11.6. The molecule has 0 aromatic heterocycles. The van der Waals surface area contributed by atoms with E-state index < -0.39 is 12.0 Å². The molecule has 0 saturated carbocycles. The van der Waals surface area contributed by atoms with Gasteiger partial charge in [0.2, 0.25) is 0 Å². The lowest BCUT2D eigenvalue weighted by Gasteiger charge is -2.32. The SMILES string of the molecule is CC(C)C[C@H](NC(=O)N1CCC(CO)CC1)C(=O)O. The first-order valence-corrected chi connectivity index (χ1v) is 6.83. The van der Waals surface area contributed by atoms with Crippen LogP contribution in [0.25, 0.3) is 0 Å². The number of carbonyl (C=O) groups excluding carboxylic acids is 1. The van der Waals surface area contributed by atoms with Gasteiger partial charge in [-0.05, 0) is 31.1 Å². The zero-order valence-corrected chi connectivity index (χ0v) is 11.6. The second kappa shape index (κ2) is 7.33. The Morgan fingerprint density at radius 3 is 2.32 bits per heavy atom. The number of aliphatic hydroxyl groups is 1. The van der Waals surface area contributed by atoms with Crippen molar-refractivity contribution in [2.45, 2.75) is 39.2 Å². The van der Waals surface area contributed by atoms with E-state index in [-0.39, 0.29) is 24.5 Å². The number of rotatable bonds is 5. The highest BCUT2D eigenvalue weighted by molar-refractivity contribution is 5.82. The van der Waals surface area contributed by atoms with Crippen molar-refractivity contribution in [3.63, 3.8) is 0 Å². The predicted molar refractivity (Wildman–Crippen MR) is 70.8 cm³/mol. The Kier molecular flexibility index (Phi) is 6.08. The van der Waals surface area contributed by atoms with Gasteiger partial charge in [0.05, 0.1) is 0 Å². The number of nitrogens with one attached hydrogen (secondary N) is 1. The number of aliphatic carboxylic acids is 1. The topological polar surface area (TPSA) is 89.9 Å². The van der Waals surface area contributed by atoms with E-state index in [2.05, 4.69) is 5.32 Å². The number of hydrogen-bond acceptors (Lipinski definition) is 3. The smallest absolute Gasteiger partial charge is 0.326 e. The molecule has 0 bridgehead atoms. The minimum absolute atomic E-state index is 0.153. The number of piperidine rings is 1. The monoisotopic (exact) mass is 272 g/mol. The molecule has 0 aromatic rings. The lowest BCUT2D eigenvalue weighted by molar-refractivity contribution is -0.139. The Morgan fingerprint density at radius 2 is 1.89 bits per heavy atom. The Balaban J connectivity index is 2.46. The molecule has 1 fully saturated rings. The Bertz CT molecular complexity index is 312. The van der Waals surface area contributed by atoms with E-state index in [0.29, 0.717) is 19.5 Å². The van der Waals surface area contributed by atoms with Crippen LogP contribution < -0.4 is 5.32 Å². The van der Waals surface area contributed by atoms with Crippen LogP contribution in [0.5, 0.6) is 0 Å². The second-order valence-corrected chi connectivity index (χ2v) is 5.58. The van der Waals surface area contributed by atoms with Crippen molar-refractivity contribution >= 4 is 12.0 Å². The molecule has 1 heterocycles. The van der Waals surface area contributed by atoms with Crippen molar-refractivity contribution in [1.82, 2.24) is 10.2 Å². The Hall–Kier alpha value is -1.30. The van der Waals surface area contributed by atoms with Crippen LogP contribution in [0.15, 0.2) is 0 Å². The van der Waals surface area contributed by atoms with Gasteiger partial charge in [0.25, 0.3) is 0 Å². The number of hydrogen-bond donors (Lipinski definition) is 3. The molecule has 1 aliphatic rings. The first-order valence-electron chi connectivity index (χ1n) is 6.83. The maximum atomic E-state index is 12.0. The van der Waals surface area contributed by atoms with Crippen LogP contribution in [0.1, 0.15) is 33.1 Å². The van der Waals surface area contributed by atoms with E-state index in [1.807, 2.05) is 13.8 Å². The van der Waals surface area contributed by atoms with Crippen LogP contribution in [-0.4, -0.2) is 52.9 Å². The molecule has 0 spiro atoms. The number of aliphatic hydroxyl groups excluding tert-OH is 1. The van der Waals surface area contributed by atoms with Crippen molar-refractivity contribution in [3.05, 3.63) is 0 Å². The molecular formula is C13H24N2O4. The fraction of sp³-hybridized carbons (Fsp3) is 0.846. The molecule has 1 atom stereocenters. The van der Waals surface area contributed by atoms with Gasteiger partial charge in [-0.25, -0.2) is 9.59 Å². The molecule has 1 saturated heterocycles. The number of urea groups is 1. The van der Waals surface area contributed by atoms with Gasteiger partial charge in [-0.3, -0.25) is 0 Å². The van der Waals surface area contributed by atoms with Gasteiger partial charge in [-0.1, -0.05) is 13.8 Å². The molecule has 6 nitrogen and oxygen atoms in total. The van der Waals surface area contributed by atoms with E-state index in [4.69, 9.17) is 10.2 Å². The molecule has 0 aliphatic carbocycles. The minimum Gasteiger partial charge on any atom is -0.480 e. The van der Waals surface area contributed by atoms with E-state index in [1.165, 1.54) is 0 Å². The molecule has 0 radical (unpaired) electrons. The molecule has 6 heteroatoms. The summed E-state index contributed by atoms with van der Waals surface area (Å²) in [4.78, 5) is 24.7. The summed E-state index contributed by atoms with van der Waals surface area (Å²) >= 11 is 0. The average molecular weight is 272 g/mol. The fourth-order valence-corrected chi connectivity index (χ4v) is 2.25. The largest absolute Gasteiger partial charge is 0.480 e. The summed E-state index contributed by atoms with van der Waals surface area (Å²) in [6.45, 7) is 5.15. The summed E-state index contributed by atoms with van der Waals surface area (Å²) in [5.41, 5.74) is 0. The molecule has 3 N–H and O–H groups in total. The molecule has 2 amide bonds. The molecule has 0 unspecified atom stereocenters. The zero-order chi connectivity index (χ0) is 14.4. The van der Waals surface area contributed by atoms with Crippen LogP contribution >= 0.6 is 0 Å². The van der Waals surface area contributed by atoms with Gasteiger partial charge >= 0.3 is 12.0 Å².